The van der Waals surface area contributed by atoms with Crippen LogP contribution in [0.2, 0.25) is 0 Å². The molecule has 3 aliphatic heterocycles. The van der Waals surface area contributed by atoms with Gasteiger partial charge in [-0.15, -0.1) is 0 Å². The first-order valence-corrected chi connectivity index (χ1v) is 10.7. The molecule has 4 amide bonds. The highest BCUT2D eigenvalue weighted by Crippen LogP contribution is 2.55. The van der Waals surface area contributed by atoms with Gasteiger partial charge in [-0.25, -0.2) is 4.90 Å². The number of imide groups is 1. The molecule has 2 aromatic carbocycles. The number of nitrogens with one attached hydrogen (secondary N) is 2. The summed E-state index contributed by atoms with van der Waals surface area (Å²) >= 11 is 0. The average molecular weight is 432 g/mol. The lowest BCUT2D eigenvalue weighted by molar-refractivity contribution is -0.131. The third-order valence-corrected chi connectivity index (χ3v) is 6.88. The summed E-state index contributed by atoms with van der Waals surface area (Å²) < 4.78 is 0. The fourth-order valence-electron chi connectivity index (χ4n) is 5.56. The van der Waals surface area contributed by atoms with Crippen molar-refractivity contribution in [2.75, 3.05) is 22.2 Å². The molecule has 1 spiro atoms. The van der Waals surface area contributed by atoms with Crippen molar-refractivity contribution >= 4 is 40.7 Å². The largest absolute Gasteiger partial charge is 0.326 e. The number of likely N-dealkylation sites (N-methyl/N-ethyl adjacent to an activating group) is 1. The molecule has 2 N–H and O–H groups in total. The van der Waals surface area contributed by atoms with E-state index in [9.17, 15) is 19.2 Å². The van der Waals surface area contributed by atoms with Gasteiger partial charge < -0.3 is 10.2 Å². The maximum atomic E-state index is 13.8. The molecule has 2 fully saturated rings. The van der Waals surface area contributed by atoms with Gasteiger partial charge in [0.25, 0.3) is 5.91 Å². The molecule has 0 aliphatic carbocycles. The second kappa shape index (κ2) is 7.00. The summed E-state index contributed by atoms with van der Waals surface area (Å²) in [6.45, 7) is 3.36. The van der Waals surface area contributed by atoms with E-state index in [0.717, 1.165) is 11.3 Å². The molecule has 3 aliphatic rings. The number of hydrogen-bond donors (Lipinski definition) is 2. The molecule has 2 aromatic rings. The molecule has 8 heteroatoms. The van der Waals surface area contributed by atoms with Crippen molar-refractivity contribution in [1.82, 2.24) is 5.32 Å². The van der Waals surface area contributed by atoms with E-state index in [1.54, 1.807) is 36.2 Å². The molecular formula is C24H24N4O4. The van der Waals surface area contributed by atoms with E-state index in [4.69, 9.17) is 0 Å². The van der Waals surface area contributed by atoms with E-state index in [1.807, 2.05) is 31.2 Å². The first-order valence-electron chi connectivity index (χ1n) is 10.7. The van der Waals surface area contributed by atoms with Crippen molar-refractivity contribution in [3.63, 3.8) is 0 Å². The molecular weight excluding hydrogens is 408 g/mol. The number of carbonyl (C=O) groups excluding carboxylic acids is 4. The van der Waals surface area contributed by atoms with Crippen LogP contribution >= 0.6 is 0 Å². The third-order valence-electron chi connectivity index (χ3n) is 6.88. The smallest absolute Gasteiger partial charge is 0.252 e. The van der Waals surface area contributed by atoms with Gasteiger partial charge in [-0.05, 0) is 36.8 Å². The molecule has 0 saturated carbocycles. The van der Waals surface area contributed by atoms with Gasteiger partial charge >= 0.3 is 0 Å². The quantitative estimate of drug-likeness (QED) is 0.723. The Hall–Kier alpha value is -3.52. The van der Waals surface area contributed by atoms with Gasteiger partial charge in [0, 0.05) is 37.0 Å². The van der Waals surface area contributed by atoms with E-state index in [0.29, 0.717) is 17.8 Å². The predicted molar refractivity (Wildman–Crippen MR) is 119 cm³/mol. The van der Waals surface area contributed by atoms with Gasteiger partial charge in [-0.1, -0.05) is 25.1 Å². The predicted octanol–water partition coefficient (Wildman–Crippen LogP) is 2.00. The van der Waals surface area contributed by atoms with Gasteiger partial charge in [0.1, 0.15) is 5.54 Å². The summed E-state index contributed by atoms with van der Waals surface area (Å²) in [6, 6.07) is 13.7. The van der Waals surface area contributed by atoms with Crippen LogP contribution in [-0.2, 0) is 24.7 Å². The van der Waals surface area contributed by atoms with E-state index < -0.39 is 17.4 Å². The number of rotatable bonds is 3. The standard InChI is InChI=1S/C24H24N4O4/c1-4-17-19-20(24(26-17)16-7-5-6-8-18(16)27(3)23(24)32)22(31)28(21(19)30)15-11-9-14(10-12-15)25-13(2)29/h5-12,17,19-20,26H,4H2,1-3H3,(H,25,29)/t17-,19-,20+,24-/m0/s1. The summed E-state index contributed by atoms with van der Waals surface area (Å²) in [6.07, 6.45) is 0.608. The van der Waals surface area contributed by atoms with Crippen LogP contribution in [0.5, 0.6) is 0 Å². The Labute approximate surface area is 185 Å². The number of benzene rings is 2. The van der Waals surface area contributed by atoms with Crippen molar-refractivity contribution < 1.29 is 19.2 Å². The fraction of sp³-hybridized carbons (Fsp3) is 0.333. The Balaban J connectivity index is 1.60. The number of para-hydroxylation sites is 1. The van der Waals surface area contributed by atoms with Crippen LogP contribution in [0, 0.1) is 11.8 Å². The summed E-state index contributed by atoms with van der Waals surface area (Å²) in [5, 5.41) is 6.09. The topological polar surface area (TPSA) is 98.8 Å². The summed E-state index contributed by atoms with van der Waals surface area (Å²) in [5.74, 6) is -2.56. The Kier molecular flexibility index (Phi) is 4.46. The van der Waals surface area contributed by atoms with Crippen LogP contribution in [0.1, 0.15) is 25.8 Å². The van der Waals surface area contributed by atoms with E-state index in [-0.39, 0.29) is 29.7 Å². The lowest BCUT2D eigenvalue weighted by atomic mass is 9.76. The molecule has 0 bridgehead atoms. The minimum absolute atomic E-state index is 0.207. The Morgan fingerprint density at radius 3 is 2.41 bits per heavy atom. The number of anilines is 3. The molecule has 5 rings (SSSR count). The number of amides is 4. The molecule has 0 aromatic heterocycles. The molecule has 3 heterocycles. The average Bonchev–Trinajstić information content (AvgIpc) is 3.34. The maximum absolute atomic E-state index is 13.8. The minimum Gasteiger partial charge on any atom is -0.326 e. The first-order chi connectivity index (χ1) is 15.3. The zero-order valence-corrected chi connectivity index (χ0v) is 18.1. The molecule has 4 atom stereocenters. The number of fused-ring (bicyclic) bond motifs is 4. The van der Waals surface area contributed by atoms with Crippen molar-refractivity contribution in [3.8, 4) is 0 Å². The summed E-state index contributed by atoms with van der Waals surface area (Å²) in [4.78, 5) is 54.9. The van der Waals surface area contributed by atoms with Crippen LogP contribution < -0.4 is 20.4 Å². The van der Waals surface area contributed by atoms with Crippen molar-refractivity contribution in [1.29, 1.82) is 0 Å². The fourth-order valence-corrected chi connectivity index (χ4v) is 5.56. The van der Waals surface area contributed by atoms with Crippen molar-refractivity contribution in [3.05, 3.63) is 54.1 Å². The lowest BCUT2D eigenvalue weighted by Crippen LogP contribution is -2.54. The molecule has 0 unspecified atom stereocenters. The zero-order valence-electron chi connectivity index (χ0n) is 18.1. The van der Waals surface area contributed by atoms with Crippen LogP contribution in [-0.4, -0.2) is 36.7 Å². The molecule has 164 valence electrons. The molecule has 32 heavy (non-hydrogen) atoms. The van der Waals surface area contributed by atoms with Gasteiger partial charge in [0.05, 0.1) is 17.5 Å². The van der Waals surface area contributed by atoms with Crippen LogP contribution in [0.4, 0.5) is 17.1 Å². The third kappa shape index (κ3) is 2.53. The normalized spacial score (nSPS) is 28.5. The minimum atomic E-state index is -1.26. The maximum Gasteiger partial charge on any atom is 0.252 e. The number of nitrogens with zero attached hydrogens (tertiary/aromatic N) is 2. The lowest BCUT2D eigenvalue weighted by Gasteiger charge is -2.30. The Morgan fingerprint density at radius 1 is 1.06 bits per heavy atom. The van der Waals surface area contributed by atoms with Crippen LogP contribution in [0.3, 0.4) is 0 Å². The van der Waals surface area contributed by atoms with Gasteiger partial charge in [0.2, 0.25) is 17.7 Å². The molecule has 8 nitrogen and oxygen atoms in total. The van der Waals surface area contributed by atoms with E-state index >= 15 is 0 Å². The summed E-state index contributed by atoms with van der Waals surface area (Å²) in [5.41, 5.74) is 1.24. The monoisotopic (exact) mass is 432 g/mol. The van der Waals surface area contributed by atoms with Gasteiger partial charge in [-0.2, -0.15) is 0 Å². The van der Waals surface area contributed by atoms with Crippen LogP contribution in [0.25, 0.3) is 0 Å². The molecule has 0 radical (unpaired) electrons. The first kappa shape index (κ1) is 20.4. The highest BCUT2D eigenvalue weighted by Gasteiger charge is 2.71. The van der Waals surface area contributed by atoms with Crippen LogP contribution in [0.15, 0.2) is 48.5 Å². The highest BCUT2D eigenvalue weighted by atomic mass is 16.2. The molecule has 2 saturated heterocycles. The second-order valence-electron chi connectivity index (χ2n) is 8.59. The van der Waals surface area contributed by atoms with E-state index in [2.05, 4.69) is 10.6 Å². The Morgan fingerprint density at radius 2 is 1.75 bits per heavy atom. The second-order valence-corrected chi connectivity index (χ2v) is 8.59. The van der Waals surface area contributed by atoms with Crippen molar-refractivity contribution in [2.24, 2.45) is 11.8 Å². The van der Waals surface area contributed by atoms with Gasteiger partial charge in [-0.3, -0.25) is 24.5 Å². The SMILES string of the molecule is CC[C@@H]1N[C@]2(C(=O)N(C)c3ccccc32)[C@H]2C(=O)N(c3ccc(NC(C)=O)cc3)C(=O)[C@@H]12. The zero-order chi connectivity index (χ0) is 22.8. The number of hydrogen-bond acceptors (Lipinski definition) is 5. The summed E-state index contributed by atoms with van der Waals surface area (Å²) in [7, 11) is 1.70. The number of carbonyl (C=O) groups is 4. The van der Waals surface area contributed by atoms with Gasteiger partial charge in [0.15, 0.2) is 0 Å². The van der Waals surface area contributed by atoms with Crippen molar-refractivity contribution in [2.45, 2.75) is 31.8 Å². The Bertz CT molecular complexity index is 1160. The van der Waals surface area contributed by atoms with E-state index in [1.165, 1.54) is 11.8 Å². The highest BCUT2D eigenvalue weighted by molar-refractivity contribution is 6.26.